The average molecular weight is 727 g/mol. The van der Waals surface area contributed by atoms with E-state index in [4.69, 9.17) is 8.37 Å². The Hall–Kier alpha value is 2.61. The van der Waals surface area contributed by atoms with Gasteiger partial charge in [0.05, 0.1) is 6.61 Å². The molecule has 45 heavy (non-hydrogen) atoms. The third-order valence-electron chi connectivity index (χ3n) is 11.7. The van der Waals surface area contributed by atoms with E-state index in [1.165, 1.54) is 0 Å². The van der Waals surface area contributed by atoms with Crippen molar-refractivity contribution >= 4 is 31.2 Å². The van der Waals surface area contributed by atoms with Crippen molar-refractivity contribution in [3.05, 3.63) is 0 Å². The first-order valence-corrected chi connectivity index (χ1v) is 19.1. The maximum absolute atomic E-state index is 11.5. The van der Waals surface area contributed by atoms with Gasteiger partial charge < -0.3 is 13.7 Å². The Morgan fingerprint density at radius 1 is 0.733 bits per heavy atom. The van der Waals surface area contributed by atoms with Crippen molar-refractivity contribution < 1.29 is 140 Å². The maximum atomic E-state index is 11.5. The Balaban J connectivity index is 0.00000337. The van der Waals surface area contributed by atoms with Crippen LogP contribution in [0.3, 0.4) is 0 Å². The van der Waals surface area contributed by atoms with Gasteiger partial charge in [0.1, 0.15) is 12.2 Å². The van der Waals surface area contributed by atoms with Crippen LogP contribution in [0.5, 0.6) is 0 Å². The van der Waals surface area contributed by atoms with E-state index in [-0.39, 0.29) is 137 Å². The summed E-state index contributed by atoms with van der Waals surface area (Å²) < 4.78 is 115. The molecular formula is C27H45Na3O12S3. The Morgan fingerprint density at radius 3 is 1.89 bits per heavy atom. The van der Waals surface area contributed by atoms with Crippen LogP contribution in [-0.2, 0) is 43.7 Å². The second-order valence-corrected chi connectivity index (χ2v) is 17.2. The van der Waals surface area contributed by atoms with Crippen molar-refractivity contribution in [1.82, 2.24) is 0 Å². The van der Waals surface area contributed by atoms with E-state index in [0.29, 0.717) is 23.7 Å². The summed E-state index contributed by atoms with van der Waals surface area (Å²) in [6, 6.07) is 0. The fourth-order valence-electron chi connectivity index (χ4n) is 9.98. The Bertz CT molecular complexity index is 1300. The van der Waals surface area contributed by atoms with Gasteiger partial charge in [-0.15, -0.1) is 0 Å². The number of hydrogen-bond donors (Lipinski definition) is 0. The molecule has 11 atom stereocenters. The molecule has 0 aromatic carbocycles. The van der Waals surface area contributed by atoms with E-state index in [0.717, 1.165) is 57.8 Å². The Morgan fingerprint density at radius 2 is 1.31 bits per heavy atom. The van der Waals surface area contributed by atoms with Crippen LogP contribution in [0.25, 0.3) is 0 Å². The predicted molar refractivity (Wildman–Crippen MR) is 148 cm³/mol. The van der Waals surface area contributed by atoms with Crippen molar-refractivity contribution in [2.75, 3.05) is 6.61 Å². The van der Waals surface area contributed by atoms with Gasteiger partial charge in [-0.3, -0.25) is 12.5 Å². The third kappa shape index (κ3) is 11.6. The van der Waals surface area contributed by atoms with E-state index >= 15 is 0 Å². The molecular weight excluding hydrogens is 681 g/mol. The van der Waals surface area contributed by atoms with Gasteiger partial charge >= 0.3 is 88.7 Å². The van der Waals surface area contributed by atoms with Crippen LogP contribution in [0.1, 0.15) is 98.3 Å². The van der Waals surface area contributed by atoms with Crippen LogP contribution in [0.4, 0.5) is 0 Å². The van der Waals surface area contributed by atoms with Crippen molar-refractivity contribution in [2.45, 2.75) is 111 Å². The van der Waals surface area contributed by atoms with Crippen molar-refractivity contribution in [3.8, 4) is 0 Å². The summed E-state index contributed by atoms with van der Waals surface area (Å²) in [6.07, 6.45) is 6.29. The monoisotopic (exact) mass is 726 g/mol. The molecule has 0 spiro atoms. The van der Waals surface area contributed by atoms with Gasteiger partial charge in [-0.25, -0.2) is 25.3 Å². The summed E-state index contributed by atoms with van der Waals surface area (Å²) in [5.41, 5.74) is -0.230. The van der Waals surface area contributed by atoms with Crippen molar-refractivity contribution in [2.24, 2.45) is 52.3 Å². The molecule has 12 nitrogen and oxygen atoms in total. The van der Waals surface area contributed by atoms with E-state index in [1.807, 2.05) is 6.92 Å². The molecule has 18 heteroatoms. The summed E-state index contributed by atoms with van der Waals surface area (Å²) in [7, 11) is -14.9. The van der Waals surface area contributed by atoms with Gasteiger partial charge in [0.15, 0.2) is 0 Å². The minimum absolute atomic E-state index is 0. The number of rotatable bonds is 12. The predicted octanol–water partition coefficient (Wildman–Crippen LogP) is -5.12. The molecule has 0 aromatic rings. The first-order valence-electron chi connectivity index (χ1n) is 15.1. The third-order valence-corrected chi connectivity index (χ3v) is 13.1. The van der Waals surface area contributed by atoms with Gasteiger partial charge in [-0.2, -0.15) is 0 Å². The van der Waals surface area contributed by atoms with Gasteiger partial charge in [0.2, 0.25) is 31.2 Å². The maximum Gasteiger partial charge on any atom is 1.00 e. The van der Waals surface area contributed by atoms with E-state index < -0.39 is 43.4 Å². The standard InChI is InChI=1S/C27H48O12S3.3Na/c1-17(16-37-40(28,29)30)6-5-7-18(2)21-10-11-22-20-9-8-19-14-24(38-41(31,32)33)25(39-42(34,35)36)15-27(19,4)23(20)12-13-26(21,22)3;;;/h17-25H,5-16H2,1-4H3,(H,28,29,30)(H,31,32,33)(H,34,35,36);;;/q;3*+1/p-3/t17?,18-,19+,20?,21-,22?,23?,24+,25+,26-,27+;;;/m1.../s1. The summed E-state index contributed by atoms with van der Waals surface area (Å²) in [5, 5.41) is 0. The van der Waals surface area contributed by atoms with E-state index in [1.54, 1.807) is 0 Å². The number of fused-ring (bicyclic) bond motifs is 5. The molecule has 0 saturated heterocycles. The topological polar surface area (TPSA) is 199 Å². The largest absolute Gasteiger partial charge is 1.00 e. The minimum Gasteiger partial charge on any atom is -0.726 e. The van der Waals surface area contributed by atoms with Crippen LogP contribution < -0.4 is 88.7 Å². The normalized spacial score (nSPS) is 37.8. The molecule has 4 fully saturated rings. The molecule has 0 amide bonds. The molecule has 0 heterocycles. The van der Waals surface area contributed by atoms with Gasteiger partial charge in [-0.05, 0) is 110 Å². The minimum atomic E-state index is -5.14. The van der Waals surface area contributed by atoms with Gasteiger partial charge in [0.25, 0.3) is 0 Å². The molecule has 0 radical (unpaired) electrons. The average Bonchev–Trinajstić information content (AvgIpc) is 3.18. The first-order chi connectivity index (χ1) is 19.2. The SMILES string of the molecule is CC(CCC[C@@H](C)[C@H]1CCC2C3CC[C@H]4C[C@H](OS(=O)(=O)[O-])[C@@H](OS(=O)(=O)[O-])C[C@]4(C)C3CC[C@@]21C)COS(=O)(=O)[O-].[Na+].[Na+].[Na+]. The van der Waals surface area contributed by atoms with Crippen LogP contribution in [0.2, 0.25) is 0 Å². The zero-order chi connectivity index (χ0) is 31.3. The van der Waals surface area contributed by atoms with Crippen LogP contribution in [-0.4, -0.2) is 57.7 Å². The fraction of sp³-hybridized carbons (Fsp3) is 1.00. The smallest absolute Gasteiger partial charge is 0.726 e. The molecule has 4 aliphatic carbocycles. The first kappa shape index (κ1) is 45.6. The summed E-state index contributed by atoms with van der Waals surface area (Å²) >= 11 is 0. The second kappa shape index (κ2) is 17.4. The summed E-state index contributed by atoms with van der Waals surface area (Å²) in [5.74, 6) is 2.16. The van der Waals surface area contributed by atoms with Gasteiger partial charge in [0, 0.05) is 0 Å². The quantitative estimate of drug-likeness (QED) is 0.106. The van der Waals surface area contributed by atoms with Crippen LogP contribution >= 0.6 is 0 Å². The number of hydrogen-bond acceptors (Lipinski definition) is 12. The molecule has 0 N–H and O–H groups in total. The van der Waals surface area contributed by atoms with Crippen molar-refractivity contribution in [1.29, 1.82) is 0 Å². The van der Waals surface area contributed by atoms with Crippen molar-refractivity contribution in [3.63, 3.8) is 0 Å². The van der Waals surface area contributed by atoms with Crippen LogP contribution in [0.15, 0.2) is 0 Å². The molecule has 0 bridgehead atoms. The molecule has 4 rings (SSSR count). The second-order valence-electron chi connectivity index (χ2n) is 14.1. The molecule has 4 saturated carbocycles. The molecule has 0 aromatic heterocycles. The molecule has 4 aliphatic rings. The zero-order valence-corrected chi connectivity index (χ0v) is 36.3. The fourth-order valence-corrected chi connectivity index (χ4v) is 11.4. The molecule has 4 unspecified atom stereocenters. The Kier molecular flexibility index (Phi) is 17.7. The Labute approximate surface area is 336 Å². The summed E-state index contributed by atoms with van der Waals surface area (Å²) in [4.78, 5) is 0. The summed E-state index contributed by atoms with van der Waals surface area (Å²) in [6.45, 7) is 8.58. The molecule has 0 aliphatic heterocycles. The van der Waals surface area contributed by atoms with Crippen LogP contribution in [0, 0.1) is 52.3 Å². The zero-order valence-electron chi connectivity index (χ0n) is 27.8. The van der Waals surface area contributed by atoms with E-state index in [9.17, 15) is 38.9 Å². The van der Waals surface area contributed by atoms with Gasteiger partial charge in [-0.1, -0.05) is 40.5 Å². The molecule has 246 valence electrons. The van der Waals surface area contributed by atoms with E-state index in [2.05, 4.69) is 25.0 Å².